The van der Waals surface area contributed by atoms with E-state index in [-0.39, 0.29) is 42.3 Å². The van der Waals surface area contributed by atoms with Crippen LogP contribution >= 0.6 is 0 Å². The molecule has 7 nitrogen and oxygen atoms in total. The van der Waals surface area contributed by atoms with Crippen molar-refractivity contribution in [1.29, 1.82) is 0 Å². The van der Waals surface area contributed by atoms with Crippen molar-refractivity contribution in [3.8, 4) is 11.1 Å². The summed E-state index contributed by atoms with van der Waals surface area (Å²) in [6.07, 6.45) is 6.71. The van der Waals surface area contributed by atoms with Crippen molar-refractivity contribution in [3.05, 3.63) is 143 Å². The van der Waals surface area contributed by atoms with E-state index in [1.54, 1.807) is 0 Å². The van der Waals surface area contributed by atoms with Crippen LogP contribution in [0.3, 0.4) is 0 Å². The van der Waals surface area contributed by atoms with E-state index in [4.69, 9.17) is 9.47 Å². The fourth-order valence-electron chi connectivity index (χ4n) is 10.9. The smallest absolute Gasteiger partial charge is 0.315 e. The zero-order valence-corrected chi connectivity index (χ0v) is 33.6. The minimum atomic E-state index is -0.546. The Labute approximate surface area is 337 Å². The molecule has 5 fully saturated rings. The van der Waals surface area contributed by atoms with Gasteiger partial charge in [-0.25, -0.2) is 4.79 Å². The van der Waals surface area contributed by atoms with Crippen molar-refractivity contribution in [1.82, 2.24) is 15.5 Å². The summed E-state index contributed by atoms with van der Waals surface area (Å²) in [6.45, 7) is 5.72. The van der Waals surface area contributed by atoms with Crippen LogP contribution in [-0.4, -0.2) is 41.3 Å². The topological polar surface area (TPSA) is 83.1 Å². The fraction of sp³-hybridized carbons (Fsp3) is 0.420. The number of urea groups is 1. The number of carbonyl (C=O) groups excluding carboxylic acids is 1. The highest BCUT2D eigenvalue weighted by Gasteiger charge is 2.51. The van der Waals surface area contributed by atoms with Gasteiger partial charge in [0.15, 0.2) is 6.29 Å². The molecule has 1 heterocycles. The Balaban J connectivity index is 0.884. The van der Waals surface area contributed by atoms with Crippen molar-refractivity contribution in [2.45, 2.75) is 95.6 Å². The predicted molar refractivity (Wildman–Crippen MR) is 226 cm³/mol. The van der Waals surface area contributed by atoms with E-state index < -0.39 is 6.29 Å². The summed E-state index contributed by atoms with van der Waals surface area (Å²) in [5.74, 6) is 2.47. The summed E-state index contributed by atoms with van der Waals surface area (Å²) in [5, 5.41) is 18.8. The second-order valence-corrected chi connectivity index (χ2v) is 17.9. The summed E-state index contributed by atoms with van der Waals surface area (Å²) in [4.78, 5) is 15.6. The lowest BCUT2D eigenvalue weighted by atomic mass is 9.53. The number of amides is 2. The van der Waals surface area contributed by atoms with Gasteiger partial charge < -0.3 is 25.2 Å². The van der Waals surface area contributed by atoms with E-state index >= 15 is 0 Å². The van der Waals surface area contributed by atoms with Crippen molar-refractivity contribution >= 4 is 16.8 Å². The van der Waals surface area contributed by atoms with Gasteiger partial charge in [0.2, 0.25) is 0 Å². The normalized spacial score (nSPS) is 28.4. The van der Waals surface area contributed by atoms with Crippen LogP contribution in [0.15, 0.2) is 115 Å². The van der Waals surface area contributed by atoms with Gasteiger partial charge in [0.1, 0.15) is 0 Å². The molecule has 5 aromatic carbocycles. The number of hydrogen-bond donors (Lipinski definition) is 3. The SMILES string of the molecule is C[C@H]1[C@@H](CN(C)[C@H](C)c2ccc3ccccc3c2)O[C@@H](c2ccc(-c3cccc(CNC(=O)NC45CC6CC(CC(C6)C4)C5)c3)cc2)O[C@H]1c1ccc(CO)cc1. The number of fused-ring (bicyclic) bond motifs is 1. The van der Waals surface area contributed by atoms with Crippen molar-refractivity contribution < 1.29 is 19.4 Å². The lowest BCUT2D eigenvalue weighted by molar-refractivity contribution is -0.276. The lowest BCUT2D eigenvalue weighted by Gasteiger charge is -2.56. The second-order valence-electron chi connectivity index (χ2n) is 17.9. The molecular weight excluding hydrogens is 707 g/mol. The highest BCUT2D eigenvalue weighted by atomic mass is 16.7. The third-order valence-electron chi connectivity index (χ3n) is 13.8. The molecule has 2 amide bonds. The van der Waals surface area contributed by atoms with Crippen LogP contribution in [0.25, 0.3) is 21.9 Å². The Hall–Kier alpha value is -4.53. The number of nitrogens with zero attached hydrogens (tertiary/aromatic N) is 1. The van der Waals surface area contributed by atoms with Gasteiger partial charge in [0.05, 0.1) is 18.8 Å². The van der Waals surface area contributed by atoms with E-state index in [0.717, 1.165) is 76.9 Å². The molecule has 0 unspecified atom stereocenters. The number of likely N-dealkylation sites (N-methyl/N-ethyl adjacent to an activating group) is 1. The summed E-state index contributed by atoms with van der Waals surface area (Å²) in [6, 6.07) is 40.5. The Morgan fingerprint density at radius 3 is 2.16 bits per heavy atom. The molecule has 7 heteroatoms. The molecule has 1 saturated heterocycles. The minimum Gasteiger partial charge on any atom is -0.392 e. The first kappa shape index (κ1) is 38.0. The summed E-state index contributed by atoms with van der Waals surface area (Å²) >= 11 is 0. The van der Waals surface area contributed by atoms with Crippen LogP contribution in [0.1, 0.15) is 98.6 Å². The van der Waals surface area contributed by atoms with Gasteiger partial charge in [-0.2, -0.15) is 0 Å². The molecule has 4 saturated carbocycles. The quantitative estimate of drug-likeness (QED) is 0.125. The molecule has 296 valence electrons. The maximum Gasteiger partial charge on any atom is 0.315 e. The van der Waals surface area contributed by atoms with Crippen molar-refractivity contribution in [2.75, 3.05) is 13.6 Å². The molecule has 57 heavy (non-hydrogen) atoms. The molecule has 10 rings (SSSR count). The fourth-order valence-corrected chi connectivity index (χ4v) is 10.9. The van der Waals surface area contributed by atoms with Crippen LogP contribution in [-0.2, 0) is 22.6 Å². The van der Waals surface area contributed by atoms with E-state index in [1.165, 1.54) is 35.6 Å². The van der Waals surface area contributed by atoms with Crippen LogP contribution in [0.5, 0.6) is 0 Å². The second kappa shape index (κ2) is 16.0. The zero-order chi connectivity index (χ0) is 39.1. The number of hydrogen-bond acceptors (Lipinski definition) is 5. The number of ether oxygens (including phenoxy) is 2. The van der Waals surface area contributed by atoms with Crippen molar-refractivity contribution in [3.63, 3.8) is 0 Å². The maximum atomic E-state index is 13.2. The molecule has 1 aliphatic heterocycles. The molecule has 5 aliphatic rings. The van der Waals surface area contributed by atoms with E-state index in [9.17, 15) is 9.90 Å². The Morgan fingerprint density at radius 1 is 0.772 bits per heavy atom. The minimum absolute atomic E-state index is 0.00301. The Morgan fingerprint density at radius 2 is 1.46 bits per heavy atom. The lowest BCUT2D eigenvalue weighted by Crippen LogP contribution is -2.61. The molecular formula is C50H57N3O4. The number of carbonyl (C=O) groups is 1. The number of benzene rings is 5. The summed E-state index contributed by atoms with van der Waals surface area (Å²) in [7, 11) is 2.18. The van der Waals surface area contributed by atoms with Crippen LogP contribution < -0.4 is 10.6 Å². The number of nitrogens with one attached hydrogen (secondary N) is 2. The molecule has 5 atom stereocenters. The van der Waals surface area contributed by atoms with Gasteiger partial charge >= 0.3 is 6.03 Å². The Bertz CT molecular complexity index is 2150. The average Bonchev–Trinajstić information content (AvgIpc) is 3.22. The summed E-state index contributed by atoms with van der Waals surface area (Å²) in [5.41, 5.74) is 7.48. The summed E-state index contributed by atoms with van der Waals surface area (Å²) < 4.78 is 13.7. The first-order valence-corrected chi connectivity index (χ1v) is 21.2. The van der Waals surface area contributed by atoms with Crippen LogP contribution in [0.2, 0.25) is 0 Å². The van der Waals surface area contributed by atoms with Gasteiger partial charge in [-0.3, -0.25) is 4.90 Å². The van der Waals surface area contributed by atoms with Gasteiger partial charge in [-0.15, -0.1) is 0 Å². The molecule has 4 bridgehead atoms. The van der Waals surface area contributed by atoms with Crippen LogP contribution in [0.4, 0.5) is 4.79 Å². The maximum absolute atomic E-state index is 13.2. The van der Waals surface area contributed by atoms with Crippen LogP contribution in [0, 0.1) is 23.7 Å². The number of aliphatic hydroxyl groups excluding tert-OH is 1. The van der Waals surface area contributed by atoms with E-state index in [0.29, 0.717) is 6.54 Å². The van der Waals surface area contributed by atoms with Gasteiger partial charge in [0.25, 0.3) is 0 Å². The molecule has 4 aliphatic carbocycles. The zero-order valence-electron chi connectivity index (χ0n) is 33.6. The van der Waals surface area contributed by atoms with Gasteiger partial charge in [-0.1, -0.05) is 110 Å². The first-order valence-electron chi connectivity index (χ1n) is 21.2. The van der Waals surface area contributed by atoms with Crippen molar-refractivity contribution in [2.24, 2.45) is 23.7 Å². The largest absolute Gasteiger partial charge is 0.392 e. The molecule has 0 spiro atoms. The molecule has 0 aromatic heterocycles. The average molecular weight is 764 g/mol. The van der Waals surface area contributed by atoms with E-state index in [1.807, 2.05) is 12.1 Å². The first-order chi connectivity index (χ1) is 27.7. The van der Waals surface area contributed by atoms with Gasteiger partial charge in [-0.05, 0) is 127 Å². The Kier molecular flexibility index (Phi) is 10.7. The number of rotatable bonds is 11. The third kappa shape index (κ3) is 8.13. The van der Waals surface area contributed by atoms with E-state index in [2.05, 4.69) is 140 Å². The third-order valence-corrected chi connectivity index (χ3v) is 13.8. The monoisotopic (exact) mass is 763 g/mol. The standard InChI is InChI=1S/C50H57N3O4/c1-32-46(30-53(3)33(2)43-20-17-39-8-4-5-9-45(39)25-43)56-48(57-47(32)41-13-11-34(31-54)12-14-41)42-18-15-40(16-19-42)44-10-6-7-35(24-44)29-51-49(55)52-50-26-36-21-37(27-50)23-38(22-36)28-50/h4-20,24-25,32-33,36-38,46-48,54H,21-23,26-31H2,1-3H3,(H2,51,52,55)/t32-,33+,36?,37?,38?,46+,47+,48+,50?/m0/s1. The molecule has 5 aromatic rings. The highest BCUT2D eigenvalue weighted by molar-refractivity contribution is 5.83. The van der Waals surface area contributed by atoms with Gasteiger partial charge in [0, 0.05) is 36.2 Å². The highest BCUT2D eigenvalue weighted by Crippen LogP contribution is 2.55. The molecule has 0 radical (unpaired) electrons. The number of aliphatic hydroxyl groups is 1. The predicted octanol–water partition coefficient (Wildman–Crippen LogP) is 10.3. The molecule has 3 N–H and O–H groups in total.